The number of carbonyl (C=O) groups is 5. The lowest BCUT2D eigenvalue weighted by Crippen LogP contribution is -2.46. The van der Waals surface area contributed by atoms with Crippen LogP contribution in [0, 0.1) is 0 Å². The maximum Gasteiger partial charge on any atom is 0.317 e. The second-order valence-corrected chi connectivity index (χ2v) is 7.53. The lowest BCUT2D eigenvalue weighted by atomic mass is 10.2. The first kappa shape index (κ1) is 28.5. The number of nitrogens with one attached hydrogen (secondary N) is 1. The fourth-order valence-electron chi connectivity index (χ4n) is 3.08. The van der Waals surface area contributed by atoms with Gasteiger partial charge in [0.05, 0.1) is 32.7 Å². The third-order valence-electron chi connectivity index (χ3n) is 4.60. The molecule has 0 aliphatic heterocycles. The number of hydrogen-bond donors (Lipinski definition) is 5. The van der Waals surface area contributed by atoms with Crippen LogP contribution in [0.3, 0.4) is 0 Å². The number of carboxylic acid groups (broad SMARTS) is 4. The molecule has 0 heterocycles. The number of carboxylic acids is 4. The topological polar surface area (TPSA) is 188 Å². The number of benzene rings is 1. The molecular weight excluding hydrogens is 452 g/mol. The Morgan fingerprint density at radius 3 is 1.41 bits per heavy atom. The summed E-state index contributed by atoms with van der Waals surface area (Å²) in [5, 5.41) is 38.9. The van der Waals surface area contributed by atoms with E-state index in [0.29, 0.717) is 0 Å². The number of aliphatic carboxylic acids is 4. The van der Waals surface area contributed by atoms with Crippen molar-refractivity contribution in [1.29, 1.82) is 0 Å². The van der Waals surface area contributed by atoms with Gasteiger partial charge >= 0.3 is 23.9 Å². The number of amides is 1. The minimum absolute atomic E-state index is 0.0254. The van der Waals surface area contributed by atoms with Gasteiger partial charge in [0, 0.05) is 32.7 Å². The Morgan fingerprint density at radius 1 is 0.588 bits per heavy atom. The fraction of sp³-hybridized carbons (Fsp3) is 0.476. The largest absolute Gasteiger partial charge is 0.480 e. The molecule has 5 N–H and O–H groups in total. The first-order valence-corrected chi connectivity index (χ1v) is 10.4. The van der Waals surface area contributed by atoms with E-state index in [4.69, 9.17) is 20.4 Å². The molecule has 0 bridgehead atoms. The van der Waals surface area contributed by atoms with Crippen LogP contribution < -0.4 is 5.32 Å². The van der Waals surface area contributed by atoms with E-state index in [0.717, 1.165) is 10.5 Å². The van der Waals surface area contributed by atoms with Gasteiger partial charge in [0.15, 0.2) is 0 Å². The molecule has 0 atom stereocenters. The minimum atomic E-state index is -1.22. The van der Waals surface area contributed by atoms with Crippen molar-refractivity contribution in [3.05, 3.63) is 35.9 Å². The summed E-state index contributed by atoms with van der Waals surface area (Å²) < 4.78 is 0. The molecule has 13 nitrogen and oxygen atoms in total. The summed E-state index contributed by atoms with van der Waals surface area (Å²) in [6, 6.07) is 9.14. The van der Waals surface area contributed by atoms with E-state index in [2.05, 4.69) is 5.32 Å². The number of carbonyl (C=O) groups excluding carboxylic acids is 1. The van der Waals surface area contributed by atoms with E-state index in [9.17, 15) is 24.0 Å². The average Bonchev–Trinajstić information content (AvgIpc) is 2.73. The molecule has 188 valence electrons. The summed E-state index contributed by atoms with van der Waals surface area (Å²) in [6.07, 6.45) is 0. The van der Waals surface area contributed by atoms with Crippen LogP contribution in [0.15, 0.2) is 30.3 Å². The average molecular weight is 482 g/mol. The van der Waals surface area contributed by atoms with Crippen LogP contribution in [0.25, 0.3) is 0 Å². The Morgan fingerprint density at radius 2 is 0.971 bits per heavy atom. The van der Waals surface area contributed by atoms with Gasteiger partial charge in [-0.05, 0) is 5.56 Å². The molecule has 0 aliphatic carbocycles. The van der Waals surface area contributed by atoms with Crippen molar-refractivity contribution in [2.24, 2.45) is 0 Å². The standard InChI is InChI=1S/C21H30N4O9/c26-17(22-10-16-4-2-1-3-5-16)11-24(13-19(29)30)8-6-23(12-18(27)28)7-9-25(14-20(31)32)15-21(33)34/h1-5H,6-15H2,(H,22,26)(H,27,28)(H,29,30)(H,31,32)(H,33,34). The summed E-state index contributed by atoms with van der Waals surface area (Å²) in [5.74, 6) is -5.16. The molecule has 1 aromatic carbocycles. The summed E-state index contributed by atoms with van der Waals surface area (Å²) >= 11 is 0. The van der Waals surface area contributed by atoms with Crippen molar-refractivity contribution < 1.29 is 44.4 Å². The highest BCUT2D eigenvalue weighted by molar-refractivity contribution is 5.79. The zero-order valence-electron chi connectivity index (χ0n) is 18.6. The van der Waals surface area contributed by atoms with Crippen LogP contribution in [0.4, 0.5) is 0 Å². The Bertz CT molecular complexity index is 819. The van der Waals surface area contributed by atoms with Gasteiger partial charge in [-0.15, -0.1) is 0 Å². The van der Waals surface area contributed by atoms with Gasteiger partial charge in [-0.25, -0.2) is 0 Å². The fourth-order valence-corrected chi connectivity index (χ4v) is 3.08. The number of rotatable bonds is 18. The van der Waals surface area contributed by atoms with Gasteiger partial charge in [-0.3, -0.25) is 38.7 Å². The van der Waals surface area contributed by atoms with Crippen molar-refractivity contribution in [2.75, 3.05) is 58.9 Å². The van der Waals surface area contributed by atoms with Crippen LogP contribution in [-0.2, 0) is 30.5 Å². The molecular formula is C21H30N4O9. The molecule has 1 rings (SSSR count). The Kier molecular flexibility index (Phi) is 12.8. The molecule has 0 radical (unpaired) electrons. The van der Waals surface area contributed by atoms with Crippen molar-refractivity contribution in [2.45, 2.75) is 6.54 Å². The summed E-state index contributed by atoms with van der Waals surface area (Å²) in [7, 11) is 0. The molecule has 1 aromatic rings. The van der Waals surface area contributed by atoms with E-state index >= 15 is 0 Å². The highest BCUT2D eigenvalue weighted by atomic mass is 16.4. The first-order valence-electron chi connectivity index (χ1n) is 10.4. The lowest BCUT2D eigenvalue weighted by molar-refractivity contribution is -0.143. The molecule has 13 heteroatoms. The maximum absolute atomic E-state index is 12.3. The molecule has 0 aromatic heterocycles. The molecule has 0 saturated carbocycles. The van der Waals surface area contributed by atoms with Crippen LogP contribution in [0.2, 0.25) is 0 Å². The van der Waals surface area contributed by atoms with E-state index in [1.165, 1.54) is 9.80 Å². The molecule has 0 aliphatic rings. The zero-order chi connectivity index (χ0) is 25.5. The van der Waals surface area contributed by atoms with Gasteiger partial charge in [0.2, 0.25) is 5.91 Å². The number of hydrogen-bond acceptors (Lipinski definition) is 8. The van der Waals surface area contributed by atoms with Crippen LogP contribution in [-0.4, -0.2) is 124 Å². The normalized spacial score (nSPS) is 11.0. The smallest absolute Gasteiger partial charge is 0.317 e. The second-order valence-electron chi connectivity index (χ2n) is 7.53. The predicted octanol–water partition coefficient (Wildman–Crippen LogP) is -1.45. The molecule has 0 spiro atoms. The van der Waals surface area contributed by atoms with E-state index in [-0.39, 0.29) is 39.3 Å². The number of nitrogens with zero attached hydrogens (tertiary/aromatic N) is 3. The van der Waals surface area contributed by atoms with Crippen molar-refractivity contribution in [3.8, 4) is 0 Å². The molecule has 34 heavy (non-hydrogen) atoms. The highest BCUT2D eigenvalue weighted by Crippen LogP contribution is 1.99. The monoisotopic (exact) mass is 482 g/mol. The summed E-state index contributed by atoms with van der Waals surface area (Å²) in [5.41, 5.74) is 0.876. The van der Waals surface area contributed by atoms with Gasteiger partial charge in [-0.2, -0.15) is 0 Å². The zero-order valence-corrected chi connectivity index (χ0v) is 18.6. The molecule has 0 fully saturated rings. The quantitative estimate of drug-likeness (QED) is 0.164. The highest BCUT2D eigenvalue weighted by Gasteiger charge is 2.19. The predicted molar refractivity (Wildman–Crippen MR) is 118 cm³/mol. The minimum Gasteiger partial charge on any atom is -0.480 e. The molecule has 1 amide bonds. The lowest BCUT2D eigenvalue weighted by Gasteiger charge is -2.27. The summed E-state index contributed by atoms with van der Waals surface area (Å²) in [6.45, 7) is -1.73. The molecule has 0 saturated heterocycles. The van der Waals surface area contributed by atoms with Crippen molar-refractivity contribution in [1.82, 2.24) is 20.0 Å². The van der Waals surface area contributed by atoms with Gasteiger partial charge in [-0.1, -0.05) is 30.3 Å². The molecule has 0 unspecified atom stereocenters. The van der Waals surface area contributed by atoms with Crippen LogP contribution in [0.5, 0.6) is 0 Å². The SMILES string of the molecule is O=C(O)CN(CCN(CC(=O)O)CC(=O)O)CCN(CC(=O)O)CC(=O)NCc1ccccc1. The third kappa shape index (κ3) is 13.8. The summed E-state index contributed by atoms with van der Waals surface area (Å²) in [4.78, 5) is 60.5. The van der Waals surface area contributed by atoms with Gasteiger partial charge < -0.3 is 25.7 Å². The van der Waals surface area contributed by atoms with Crippen LogP contribution in [0.1, 0.15) is 5.56 Å². The van der Waals surface area contributed by atoms with E-state index in [1.807, 2.05) is 30.3 Å². The van der Waals surface area contributed by atoms with Crippen molar-refractivity contribution >= 4 is 29.8 Å². The second kappa shape index (κ2) is 15.3. The van der Waals surface area contributed by atoms with E-state index < -0.39 is 56.0 Å². The van der Waals surface area contributed by atoms with Crippen molar-refractivity contribution in [3.63, 3.8) is 0 Å². The Hall–Kier alpha value is -3.55. The van der Waals surface area contributed by atoms with Gasteiger partial charge in [0.1, 0.15) is 0 Å². The van der Waals surface area contributed by atoms with Gasteiger partial charge in [0.25, 0.3) is 0 Å². The Balaban J connectivity index is 2.68. The first-order chi connectivity index (χ1) is 16.0. The van der Waals surface area contributed by atoms with E-state index in [1.54, 1.807) is 0 Å². The Labute approximate surface area is 196 Å². The third-order valence-corrected chi connectivity index (χ3v) is 4.60. The van der Waals surface area contributed by atoms with Crippen LogP contribution >= 0.6 is 0 Å². The maximum atomic E-state index is 12.3.